The number of piperidine rings is 1. The fourth-order valence-corrected chi connectivity index (χ4v) is 12.8. The summed E-state index contributed by atoms with van der Waals surface area (Å²) < 4.78 is 59.5. The smallest absolute Gasteiger partial charge is 0.324 e. The Morgan fingerprint density at radius 2 is 1.79 bits per heavy atom. The molecule has 18 nitrogen and oxygen atoms in total. The highest BCUT2D eigenvalue weighted by Crippen LogP contribution is 2.46. The number of hydrogen-bond acceptors (Lipinski definition) is 13. The summed E-state index contributed by atoms with van der Waals surface area (Å²) in [5.41, 5.74) is 5.10. The maximum atomic E-state index is 16.8. The van der Waals surface area contributed by atoms with Crippen LogP contribution in [-0.2, 0) is 43.3 Å². The summed E-state index contributed by atoms with van der Waals surface area (Å²) in [5.74, 6) is 1.22. The molecule has 5 aliphatic heterocycles. The van der Waals surface area contributed by atoms with Crippen LogP contribution in [0.4, 0.5) is 15.8 Å². The molecule has 0 aliphatic carbocycles. The van der Waals surface area contributed by atoms with Crippen molar-refractivity contribution >= 4 is 56.5 Å². The summed E-state index contributed by atoms with van der Waals surface area (Å²) in [4.78, 5) is 82.0. The first kappa shape index (κ1) is 57.2. The zero-order chi connectivity index (χ0) is 54.9. The number of nitrogens with one attached hydrogen (secondary N) is 2. The number of carbonyl (C=O) groups is 5. The molecule has 2 N–H and O–H groups in total. The van der Waals surface area contributed by atoms with E-state index in [9.17, 15) is 32.4 Å². The van der Waals surface area contributed by atoms with E-state index in [0.717, 1.165) is 38.8 Å². The minimum Gasteiger partial charge on any atom is -0.464 e. The standard InChI is InChI=1S/C55H78FN9O9S/c1-13-64-44-19-18-37-30-40(44)41(48(64)39-16-14-24-57-46(39)36(4)73-12)32-53(5,6)34-74-51(69)42-17-15-25-65(59-42)50(68)43(31-38-33-63(37)28-29-75(38,71)72)58-49(67)47(35(2)3)61(11)52(70)55(56)22-26-62(27-23-55)45(66)20-21-54(7,8)60(9)10/h14,16,18-19,24,30,35-36,38,41-43,47,59H,13,15,17,22-23,25-29,31-34H2,1-12H3/p+1/t36-,38-,41?,42-,43-,47-/m0/s1. The van der Waals surface area contributed by atoms with Gasteiger partial charge in [0.2, 0.25) is 11.6 Å². The number of aromatic nitrogens is 1. The maximum absolute atomic E-state index is 16.8. The Morgan fingerprint density at radius 3 is 2.44 bits per heavy atom. The zero-order valence-electron chi connectivity index (χ0n) is 46.0. The van der Waals surface area contributed by atoms with Crippen LogP contribution in [0.15, 0.2) is 36.5 Å². The van der Waals surface area contributed by atoms with E-state index >= 15 is 4.39 Å². The first-order valence-electron chi connectivity index (χ1n) is 26.5. The van der Waals surface area contributed by atoms with E-state index in [-0.39, 0.29) is 76.4 Å². The number of esters is 1. The maximum Gasteiger partial charge on any atom is 0.324 e. The lowest BCUT2D eigenvalue weighted by Crippen LogP contribution is -2.63. The summed E-state index contributed by atoms with van der Waals surface area (Å²) >= 11 is 0. The van der Waals surface area contributed by atoms with Crippen molar-refractivity contribution in [3.05, 3.63) is 53.3 Å². The molecule has 2 aromatic rings. The average molecular weight is 1060 g/mol. The number of methoxy groups -OCH3 is 1. The second-order valence-electron chi connectivity index (χ2n) is 22.8. The number of hydrogen-bond donors (Lipinski definition) is 2. The van der Waals surface area contributed by atoms with Crippen LogP contribution in [0, 0.1) is 23.2 Å². The molecule has 1 unspecified atom stereocenters. The van der Waals surface area contributed by atoms with Gasteiger partial charge in [0.25, 0.3) is 17.7 Å². The van der Waals surface area contributed by atoms with Crippen LogP contribution in [0.1, 0.15) is 123 Å². The van der Waals surface area contributed by atoms with Gasteiger partial charge >= 0.3 is 5.97 Å². The number of rotatable bonds is 10. The first-order valence-corrected chi connectivity index (χ1v) is 28.2. The molecule has 1 aromatic carbocycles. The molecule has 3 fully saturated rings. The van der Waals surface area contributed by atoms with Gasteiger partial charge in [0.05, 0.1) is 46.4 Å². The number of fused-ring (bicyclic) bond motifs is 6. The highest BCUT2D eigenvalue weighted by molar-refractivity contribution is 7.92. The molecule has 4 amide bonds. The summed E-state index contributed by atoms with van der Waals surface area (Å²) in [6.07, 6.45) is 1.84. The Labute approximate surface area is 443 Å². The lowest BCUT2D eigenvalue weighted by atomic mass is 9.77. The van der Waals surface area contributed by atoms with Gasteiger partial charge in [-0.05, 0) is 104 Å². The Morgan fingerprint density at radius 1 is 1.08 bits per heavy atom. The molecule has 75 heavy (non-hydrogen) atoms. The predicted octanol–water partition coefficient (Wildman–Crippen LogP) is 4.14. The van der Waals surface area contributed by atoms with Crippen LogP contribution in [-0.4, -0.2) is 187 Å². The van der Waals surface area contributed by atoms with Gasteiger partial charge in [-0.3, -0.25) is 38.9 Å². The van der Waals surface area contributed by atoms with Gasteiger partial charge in [-0.1, -0.05) is 33.6 Å². The molecule has 5 aliphatic rings. The highest BCUT2D eigenvalue weighted by Gasteiger charge is 2.49. The van der Waals surface area contributed by atoms with Gasteiger partial charge < -0.3 is 29.5 Å². The number of likely N-dealkylation sites (tertiary alicyclic amines) is 1. The molecule has 410 valence electrons. The second kappa shape index (κ2) is 22.6. The van der Waals surface area contributed by atoms with Crippen LogP contribution in [0.5, 0.6) is 0 Å². The Balaban J connectivity index is 1.20. The van der Waals surface area contributed by atoms with Crippen molar-refractivity contribution in [2.45, 2.75) is 141 Å². The molecule has 6 bridgehead atoms. The van der Waals surface area contributed by atoms with Gasteiger partial charge in [-0.15, -0.1) is 0 Å². The molecule has 20 heteroatoms. The van der Waals surface area contributed by atoms with Crippen molar-refractivity contribution in [3.8, 4) is 11.8 Å². The topological polar surface area (TPSA) is 194 Å². The van der Waals surface area contributed by atoms with E-state index in [1.807, 2.05) is 56.8 Å². The minimum absolute atomic E-state index is 0.0143. The van der Waals surface area contributed by atoms with Crippen molar-refractivity contribution in [2.75, 3.05) is 84.8 Å². The number of halogens is 1. The molecular weight excluding hydrogens is 982 g/mol. The van der Waals surface area contributed by atoms with Crippen molar-refractivity contribution in [1.82, 2.24) is 35.4 Å². The van der Waals surface area contributed by atoms with Gasteiger partial charge in [0.15, 0.2) is 21.2 Å². The van der Waals surface area contributed by atoms with Crippen molar-refractivity contribution < 1.29 is 50.8 Å². The predicted molar refractivity (Wildman–Crippen MR) is 284 cm³/mol. The number of sulfone groups is 1. The number of anilines is 1. The van der Waals surface area contributed by atoms with E-state index < -0.39 is 85.4 Å². The summed E-state index contributed by atoms with van der Waals surface area (Å²) in [6.45, 7) is 16.3. The number of alkyl halides is 1. The highest BCUT2D eigenvalue weighted by atomic mass is 32.2. The van der Waals surface area contributed by atoms with Gasteiger partial charge in [-0.2, -0.15) is 4.58 Å². The summed E-state index contributed by atoms with van der Waals surface area (Å²) in [5, 5.41) is 2.97. The van der Waals surface area contributed by atoms with Crippen LogP contribution in [0.25, 0.3) is 0 Å². The zero-order valence-corrected chi connectivity index (χ0v) is 46.8. The van der Waals surface area contributed by atoms with E-state index in [4.69, 9.17) is 14.5 Å². The number of amides is 4. The largest absolute Gasteiger partial charge is 0.464 e. The third kappa shape index (κ3) is 12.2. The number of benzene rings is 1. The van der Waals surface area contributed by atoms with Crippen LogP contribution >= 0.6 is 0 Å². The van der Waals surface area contributed by atoms with E-state index in [0.29, 0.717) is 25.8 Å². The van der Waals surface area contributed by atoms with E-state index in [1.54, 1.807) is 27.2 Å². The molecule has 0 radical (unpaired) electrons. The van der Waals surface area contributed by atoms with Crippen LogP contribution in [0.2, 0.25) is 0 Å². The monoisotopic (exact) mass is 1060 g/mol. The number of cyclic esters (lactones) is 1. The fraction of sp³-hybridized carbons (Fsp3) is 0.655. The van der Waals surface area contributed by atoms with Crippen LogP contribution in [0.3, 0.4) is 0 Å². The Kier molecular flexibility index (Phi) is 17.3. The molecule has 0 spiro atoms. The number of hydrazine groups is 1. The van der Waals surface area contributed by atoms with Gasteiger partial charge in [0, 0.05) is 88.7 Å². The molecular formula is C55H79FN9O9S+. The molecule has 7 rings (SSSR count). The van der Waals surface area contributed by atoms with Gasteiger partial charge in [-0.25, -0.2) is 18.2 Å². The lowest BCUT2D eigenvalue weighted by molar-refractivity contribution is -0.433. The SMILES string of the molecule is CC[N+]1=C(c2cccnc2[C@H](C)OC)C2CC(C)(C)COC(=O)[C@@H]3CCCN(N3)C(=O)[C@@H](NC(=O)[C@H](C(C)C)N(C)C(=O)C3(F)CCN(C(=O)C#CC(C)(C)N(C)C)CC3)C[C@H]3CN(CCS3(=O)=O)c3ccc1c2c3. The van der Waals surface area contributed by atoms with Crippen molar-refractivity contribution in [3.63, 3.8) is 0 Å². The summed E-state index contributed by atoms with van der Waals surface area (Å²) in [7, 11) is 2.85. The fourth-order valence-electron chi connectivity index (χ4n) is 11.1. The third-order valence-electron chi connectivity index (χ3n) is 16.1. The molecule has 6 heterocycles. The van der Waals surface area contributed by atoms with Crippen LogP contribution < -0.4 is 15.6 Å². The Hall–Kier alpha value is -5.49. The molecule has 6 atom stereocenters. The quantitative estimate of drug-likeness (QED) is 0.196. The number of likely N-dealkylation sites (N-methyl/N-ethyl adjacent to an activating group) is 1. The number of carbonyl (C=O) groups excluding carboxylic acids is 5. The van der Waals surface area contributed by atoms with Crippen molar-refractivity contribution in [2.24, 2.45) is 11.3 Å². The molecule has 0 saturated carbocycles. The number of ether oxygens (including phenoxy) is 2. The van der Waals surface area contributed by atoms with E-state index in [2.05, 4.69) is 66.1 Å². The number of pyridine rings is 1. The van der Waals surface area contributed by atoms with E-state index in [1.165, 1.54) is 17.0 Å². The second-order valence-corrected chi connectivity index (χ2v) is 25.2. The summed E-state index contributed by atoms with van der Waals surface area (Å²) in [6, 6.07) is 6.51. The normalized spacial score (nSPS) is 24.6. The third-order valence-corrected chi connectivity index (χ3v) is 18.2. The van der Waals surface area contributed by atoms with Gasteiger partial charge in [0.1, 0.15) is 24.7 Å². The molecule has 3 saturated heterocycles. The Bertz CT molecular complexity index is 2730. The molecule has 1 aromatic heterocycles. The van der Waals surface area contributed by atoms with Crippen molar-refractivity contribution in [1.29, 1.82) is 0 Å². The lowest BCUT2D eigenvalue weighted by Gasteiger charge is -2.40. The number of nitrogens with zero attached hydrogens (tertiary/aromatic N) is 7. The first-order chi connectivity index (χ1) is 35.2. The average Bonchev–Trinajstić information content (AvgIpc) is 3.67. The minimum atomic E-state index is -3.85.